The van der Waals surface area contributed by atoms with Gasteiger partial charge in [-0.1, -0.05) is 18.2 Å². The number of hydrogen-bond acceptors (Lipinski definition) is 2. The molecular formula is C14H20FNO2. The molecular weight excluding hydrogens is 233 g/mol. The number of likely N-dealkylation sites (N-methyl/N-ethyl adjacent to an activating group) is 1. The summed E-state index contributed by atoms with van der Waals surface area (Å²) in [5.74, 6) is -1.13. The third-order valence-corrected chi connectivity index (χ3v) is 3.54. The lowest BCUT2D eigenvalue weighted by Crippen LogP contribution is -2.52. The van der Waals surface area contributed by atoms with Gasteiger partial charge in [-0.2, -0.15) is 0 Å². The maximum Gasteiger partial charge on any atom is 0.323 e. The molecule has 1 N–H and O–H groups in total. The van der Waals surface area contributed by atoms with Crippen LogP contribution >= 0.6 is 0 Å². The van der Waals surface area contributed by atoms with Crippen LogP contribution in [0.15, 0.2) is 24.3 Å². The third kappa shape index (κ3) is 3.07. The Labute approximate surface area is 107 Å². The summed E-state index contributed by atoms with van der Waals surface area (Å²) in [6.07, 6.45) is 0.486. The molecule has 0 aliphatic carbocycles. The zero-order valence-electron chi connectivity index (χ0n) is 11.3. The van der Waals surface area contributed by atoms with Crippen LogP contribution in [0.1, 0.15) is 26.3 Å². The van der Waals surface area contributed by atoms with Gasteiger partial charge < -0.3 is 5.11 Å². The Kier molecular flexibility index (Phi) is 4.46. The summed E-state index contributed by atoms with van der Waals surface area (Å²) >= 11 is 0. The van der Waals surface area contributed by atoms with Crippen LogP contribution in [0.4, 0.5) is 4.39 Å². The van der Waals surface area contributed by atoms with Gasteiger partial charge in [0.1, 0.15) is 11.4 Å². The fraction of sp³-hybridized carbons (Fsp3) is 0.500. The number of carboxylic acid groups (broad SMARTS) is 1. The van der Waals surface area contributed by atoms with Crippen molar-refractivity contribution in [1.82, 2.24) is 4.90 Å². The van der Waals surface area contributed by atoms with Gasteiger partial charge in [0, 0.05) is 6.04 Å². The predicted molar refractivity (Wildman–Crippen MR) is 69.0 cm³/mol. The smallest absolute Gasteiger partial charge is 0.323 e. The summed E-state index contributed by atoms with van der Waals surface area (Å²) in [4.78, 5) is 12.9. The quantitative estimate of drug-likeness (QED) is 0.876. The van der Waals surface area contributed by atoms with E-state index in [4.69, 9.17) is 5.11 Å². The van der Waals surface area contributed by atoms with Crippen molar-refractivity contribution in [2.24, 2.45) is 0 Å². The van der Waals surface area contributed by atoms with E-state index in [9.17, 15) is 9.18 Å². The summed E-state index contributed by atoms with van der Waals surface area (Å²) in [6, 6.07) is 6.52. The fourth-order valence-electron chi connectivity index (χ4n) is 1.82. The highest BCUT2D eigenvalue weighted by Crippen LogP contribution is 2.19. The van der Waals surface area contributed by atoms with Crippen molar-refractivity contribution in [2.75, 3.05) is 7.05 Å². The van der Waals surface area contributed by atoms with Crippen molar-refractivity contribution < 1.29 is 14.3 Å². The summed E-state index contributed by atoms with van der Waals surface area (Å²) < 4.78 is 13.5. The van der Waals surface area contributed by atoms with Crippen molar-refractivity contribution in [3.05, 3.63) is 35.6 Å². The summed E-state index contributed by atoms with van der Waals surface area (Å²) in [5.41, 5.74) is -0.358. The monoisotopic (exact) mass is 253 g/mol. The first-order valence-corrected chi connectivity index (χ1v) is 5.96. The summed E-state index contributed by atoms with van der Waals surface area (Å²) in [6.45, 7) is 5.19. The van der Waals surface area contributed by atoms with Gasteiger partial charge in [0.25, 0.3) is 0 Å². The maximum atomic E-state index is 13.5. The number of halogens is 1. The Hall–Kier alpha value is -1.42. The number of hydrogen-bond donors (Lipinski definition) is 1. The van der Waals surface area contributed by atoms with Crippen LogP contribution in [0.25, 0.3) is 0 Å². The number of nitrogens with zero attached hydrogens (tertiary/aromatic N) is 1. The number of aliphatic carboxylic acids is 1. The Bertz CT molecular complexity index is 432. The molecule has 0 radical (unpaired) electrons. The molecule has 0 heterocycles. The van der Waals surface area contributed by atoms with E-state index in [0.29, 0.717) is 12.0 Å². The number of rotatable bonds is 5. The molecule has 4 heteroatoms. The normalized spacial score (nSPS) is 13.7. The minimum atomic E-state index is -0.968. The molecule has 1 aromatic carbocycles. The van der Waals surface area contributed by atoms with E-state index in [1.807, 2.05) is 6.92 Å². The SMILES string of the molecule is CC(Cc1ccccc1F)N(C)C(C)(C)C(=O)O. The highest BCUT2D eigenvalue weighted by molar-refractivity contribution is 5.77. The van der Waals surface area contributed by atoms with Gasteiger partial charge in [-0.25, -0.2) is 4.39 Å². The van der Waals surface area contributed by atoms with Crippen molar-refractivity contribution in [1.29, 1.82) is 0 Å². The van der Waals surface area contributed by atoms with Gasteiger partial charge in [-0.15, -0.1) is 0 Å². The van der Waals surface area contributed by atoms with Gasteiger partial charge in [0.05, 0.1) is 0 Å². The highest BCUT2D eigenvalue weighted by atomic mass is 19.1. The van der Waals surface area contributed by atoms with Crippen molar-refractivity contribution in [2.45, 2.75) is 38.8 Å². The van der Waals surface area contributed by atoms with Gasteiger partial charge in [0.15, 0.2) is 0 Å². The van der Waals surface area contributed by atoms with E-state index >= 15 is 0 Å². The average Bonchev–Trinajstić information content (AvgIpc) is 2.30. The lowest BCUT2D eigenvalue weighted by molar-refractivity contribution is -0.149. The largest absolute Gasteiger partial charge is 0.480 e. The van der Waals surface area contributed by atoms with Gasteiger partial charge in [-0.3, -0.25) is 9.69 Å². The van der Waals surface area contributed by atoms with E-state index < -0.39 is 11.5 Å². The van der Waals surface area contributed by atoms with Crippen LogP contribution in [-0.2, 0) is 11.2 Å². The van der Waals surface area contributed by atoms with Gasteiger partial charge in [-0.05, 0) is 45.9 Å². The summed E-state index contributed by atoms with van der Waals surface area (Å²) in [5, 5.41) is 9.17. The Morgan fingerprint density at radius 2 is 2.00 bits per heavy atom. The molecule has 1 atom stereocenters. The molecule has 100 valence electrons. The number of benzene rings is 1. The molecule has 1 rings (SSSR count). The molecule has 0 spiro atoms. The summed E-state index contributed by atoms with van der Waals surface area (Å²) in [7, 11) is 1.75. The first kappa shape index (κ1) is 14.6. The van der Waals surface area contributed by atoms with E-state index in [-0.39, 0.29) is 11.9 Å². The molecule has 0 saturated heterocycles. The molecule has 0 aliphatic heterocycles. The first-order valence-electron chi connectivity index (χ1n) is 5.96. The number of carbonyl (C=O) groups is 1. The minimum absolute atomic E-state index is 0.0620. The van der Waals surface area contributed by atoms with E-state index in [1.165, 1.54) is 6.07 Å². The van der Waals surface area contributed by atoms with Gasteiger partial charge in [0.2, 0.25) is 0 Å². The molecule has 0 aliphatic rings. The lowest BCUT2D eigenvalue weighted by atomic mass is 9.98. The highest BCUT2D eigenvalue weighted by Gasteiger charge is 2.34. The standard InChI is InChI=1S/C14H20FNO2/c1-10(16(4)14(2,3)13(17)18)9-11-7-5-6-8-12(11)15/h5-8,10H,9H2,1-4H3,(H,17,18). The second-order valence-electron chi connectivity index (χ2n) is 5.12. The van der Waals surface area contributed by atoms with Crippen LogP contribution in [0.2, 0.25) is 0 Å². The molecule has 18 heavy (non-hydrogen) atoms. The zero-order chi connectivity index (χ0) is 13.9. The number of carboxylic acids is 1. The molecule has 0 bridgehead atoms. The molecule has 1 aromatic rings. The van der Waals surface area contributed by atoms with Crippen LogP contribution in [0.3, 0.4) is 0 Å². The molecule has 0 saturated carbocycles. The van der Waals surface area contributed by atoms with Crippen LogP contribution in [0.5, 0.6) is 0 Å². The second kappa shape index (κ2) is 5.48. The predicted octanol–water partition coefficient (Wildman–Crippen LogP) is 2.55. The topological polar surface area (TPSA) is 40.5 Å². The van der Waals surface area contributed by atoms with E-state index in [0.717, 1.165) is 0 Å². The molecule has 0 fully saturated rings. The van der Waals surface area contributed by atoms with Crippen molar-refractivity contribution in [3.8, 4) is 0 Å². The Morgan fingerprint density at radius 3 is 2.50 bits per heavy atom. The Morgan fingerprint density at radius 1 is 1.44 bits per heavy atom. The average molecular weight is 253 g/mol. The third-order valence-electron chi connectivity index (χ3n) is 3.54. The van der Waals surface area contributed by atoms with Crippen LogP contribution < -0.4 is 0 Å². The Balaban J connectivity index is 2.81. The minimum Gasteiger partial charge on any atom is -0.480 e. The molecule has 0 aromatic heterocycles. The van der Waals surface area contributed by atoms with Crippen LogP contribution in [0, 0.1) is 5.82 Å². The first-order chi connectivity index (χ1) is 8.26. The van der Waals surface area contributed by atoms with Crippen molar-refractivity contribution in [3.63, 3.8) is 0 Å². The zero-order valence-corrected chi connectivity index (χ0v) is 11.3. The fourth-order valence-corrected chi connectivity index (χ4v) is 1.82. The molecule has 3 nitrogen and oxygen atoms in total. The van der Waals surface area contributed by atoms with E-state index in [1.54, 1.807) is 44.0 Å². The molecule has 1 unspecified atom stereocenters. The maximum absolute atomic E-state index is 13.5. The molecule has 0 amide bonds. The van der Waals surface area contributed by atoms with E-state index in [2.05, 4.69) is 0 Å². The lowest BCUT2D eigenvalue weighted by Gasteiger charge is -2.36. The second-order valence-corrected chi connectivity index (χ2v) is 5.12. The van der Waals surface area contributed by atoms with Crippen molar-refractivity contribution >= 4 is 5.97 Å². The van der Waals surface area contributed by atoms with Crippen LogP contribution in [-0.4, -0.2) is 34.6 Å². The van der Waals surface area contributed by atoms with Gasteiger partial charge >= 0.3 is 5.97 Å².